The van der Waals surface area contributed by atoms with E-state index in [2.05, 4.69) is 54.2 Å². The molecule has 3 saturated carbocycles. The van der Waals surface area contributed by atoms with Crippen LogP contribution in [0.1, 0.15) is 135 Å². The molecule has 1 N–H and O–H groups in total. The zero-order valence-corrected chi connectivity index (χ0v) is 38.2. The van der Waals surface area contributed by atoms with Crippen LogP contribution in [0.3, 0.4) is 0 Å². The average molecular weight is 921 g/mol. The molecule has 0 bridgehead atoms. The van der Waals surface area contributed by atoms with Gasteiger partial charge in [0.25, 0.3) is 5.91 Å². The van der Waals surface area contributed by atoms with Crippen molar-refractivity contribution < 1.29 is 22.8 Å². The van der Waals surface area contributed by atoms with Crippen molar-refractivity contribution in [1.29, 1.82) is 0 Å². The molecule has 17 heteroatoms. The van der Waals surface area contributed by atoms with Gasteiger partial charge in [0.1, 0.15) is 22.9 Å². The first-order valence-corrected chi connectivity index (χ1v) is 23.8. The van der Waals surface area contributed by atoms with Crippen LogP contribution in [0.15, 0.2) is 87.3 Å². The highest BCUT2D eigenvalue weighted by atomic mass is 19.1. The van der Waals surface area contributed by atoms with Gasteiger partial charge in [-0.15, -0.1) is 0 Å². The van der Waals surface area contributed by atoms with Crippen LogP contribution < -0.4 is 11.4 Å². The molecule has 3 aromatic carbocycles. The average Bonchev–Trinajstić information content (AvgIpc) is 4.26. The SMILES string of the molecule is CC1c2c(nn(-c3ccc(F)c(C4CC4)c3)c2-n2ccn(-c3ccc4c(cnn4C4CC4)c3F)c2=O)CCN1C(=O)c1cc2cc(C3CCOC(C)(C)C3)ccc2n1C1(c2noc(=O)[nH]2)CC1C. The van der Waals surface area contributed by atoms with E-state index in [0.29, 0.717) is 76.7 Å². The van der Waals surface area contributed by atoms with E-state index in [1.807, 2.05) is 27.1 Å². The summed E-state index contributed by atoms with van der Waals surface area (Å²) in [6, 6.07) is 16.3. The predicted octanol–water partition coefficient (Wildman–Crippen LogP) is 8.50. The standard InChI is InChI=1S/C51H50F2N10O5/c1-27-24-51(27,47-55-48(65)68-57-47)61-39-12-7-30(31-16-20-67-50(3,4)25-31)21-32(39)22-42(61)46(64)58-17-15-38-43(28(58)2)45(63(56-38)34-10-11-37(52)35(23-34)29-5-6-29)60-19-18-59(49(60)66)41-14-13-40-36(44(41)53)26-54-62(40)33-8-9-33/h7,10-14,18-19,21-23,26-29,31,33H,5-6,8-9,15-17,20,24-25H2,1-4H3,(H,55,57,65). The van der Waals surface area contributed by atoms with Gasteiger partial charge in [0.2, 0.25) is 0 Å². The van der Waals surface area contributed by atoms with Crippen LogP contribution in [-0.2, 0) is 16.7 Å². The molecule has 5 aliphatic rings. The van der Waals surface area contributed by atoms with Crippen LogP contribution in [0.2, 0.25) is 0 Å². The van der Waals surface area contributed by atoms with Crippen molar-refractivity contribution in [3.8, 4) is 17.2 Å². The number of nitrogens with zero attached hydrogens (tertiary/aromatic N) is 9. The number of rotatable bonds is 9. The van der Waals surface area contributed by atoms with Crippen molar-refractivity contribution in [3.63, 3.8) is 0 Å². The van der Waals surface area contributed by atoms with Gasteiger partial charge in [0.05, 0.1) is 51.9 Å². The van der Waals surface area contributed by atoms with Crippen molar-refractivity contribution in [2.75, 3.05) is 13.2 Å². The van der Waals surface area contributed by atoms with Gasteiger partial charge in [0.15, 0.2) is 11.6 Å². The Balaban J connectivity index is 0.945. The summed E-state index contributed by atoms with van der Waals surface area (Å²) in [5, 5.41) is 15.0. The molecule has 15 nitrogen and oxygen atoms in total. The second-order valence-corrected chi connectivity index (χ2v) is 20.4. The molecule has 2 aliphatic heterocycles. The molecule has 4 atom stereocenters. The van der Waals surface area contributed by atoms with Gasteiger partial charge in [0, 0.05) is 48.4 Å². The Morgan fingerprint density at radius 2 is 1.69 bits per heavy atom. The van der Waals surface area contributed by atoms with E-state index < -0.39 is 28.8 Å². The summed E-state index contributed by atoms with van der Waals surface area (Å²) in [5.41, 5.74) is 4.00. The number of amides is 1. The first-order valence-electron chi connectivity index (χ1n) is 23.8. The lowest BCUT2D eigenvalue weighted by atomic mass is 9.83. The highest BCUT2D eigenvalue weighted by Gasteiger charge is 2.59. The first kappa shape index (κ1) is 41.3. The number of benzene rings is 3. The van der Waals surface area contributed by atoms with Crippen LogP contribution in [0.25, 0.3) is 39.0 Å². The van der Waals surface area contributed by atoms with Crippen molar-refractivity contribution in [2.24, 2.45) is 5.92 Å². The van der Waals surface area contributed by atoms with Crippen molar-refractivity contribution in [2.45, 2.75) is 114 Å². The summed E-state index contributed by atoms with van der Waals surface area (Å²) in [6.45, 7) is 9.20. The minimum Gasteiger partial charge on any atom is -0.376 e. The Hall–Kier alpha value is -6.88. The van der Waals surface area contributed by atoms with E-state index in [1.165, 1.54) is 33.2 Å². The molecule has 13 rings (SSSR count). The number of aromatic amines is 1. The molecule has 348 valence electrons. The van der Waals surface area contributed by atoms with Crippen molar-refractivity contribution in [1.82, 2.24) is 48.3 Å². The summed E-state index contributed by atoms with van der Waals surface area (Å²) < 4.78 is 51.2. The van der Waals surface area contributed by atoms with Gasteiger partial charge in [-0.3, -0.25) is 28.1 Å². The maximum Gasteiger partial charge on any atom is 0.438 e. The fourth-order valence-corrected chi connectivity index (χ4v) is 11.6. The minimum atomic E-state index is -0.853. The molecule has 4 fully saturated rings. The topological polar surface area (TPSA) is 156 Å². The van der Waals surface area contributed by atoms with E-state index in [1.54, 1.807) is 35.1 Å². The number of H-pyrrole nitrogens is 1. The molecule has 0 radical (unpaired) electrons. The molecule has 8 aromatic rings. The number of carbonyl (C=O) groups excluding carboxylic acids is 1. The number of aromatic nitrogens is 9. The number of hydrogen-bond acceptors (Lipinski definition) is 8. The lowest BCUT2D eigenvalue weighted by molar-refractivity contribution is -0.0592. The predicted molar refractivity (Wildman–Crippen MR) is 247 cm³/mol. The molecule has 4 unspecified atom stereocenters. The number of carbonyl (C=O) groups is 1. The Morgan fingerprint density at radius 3 is 2.43 bits per heavy atom. The second kappa shape index (κ2) is 14.6. The molecule has 1 saturated heterocycles. The third kappa shape index (κ3) is 6.22. The quantitative estimate of drug-likeness (QED) is 0.151. The van der Waals surface area contributed by atoms with Crippen molar-refractivity contribution in [3.05, 3.63) is 140 Å². The second-order valence-electron chi connectivity index (χ2n) is 20.4. The van der Waals surface area contributed by atoms with Crippen LogP contribution >= 0.6 is 0 Å². The summed E-state index contributed by atoms with van der Waals surface area (Å²) in [4.78, 5) is 47.6. The molecule has 1 amide bonds. The van der Waals surface area contributed by atoms with Crippen LogP contribution in [0, 0.1) is 17.6 Å². The lowest BCUT2D eigenvalue weighted by Gasteiger charge is -2.35. The van der Waals surface area contributed by atoms with E-state index in [4.69, 9.17) is 14.4 Å². The number of nitrogens with one attached hydrogen (secondary N) is 1. The molecule has 7 heterocycles. The fraction of sp³-hybridized carbons (Fsp3) is 0.412. The third-order valence-corrected chi connectivity index (χ3v) is 15.5. The Labute approximate surface area is 387 Å². The summed E-state index contributed by atoms with van der Waals surface area (Å²) >= 11 is 0. The Morgan fingerprint density at radius 1 is 0.897 bits per heavy atom. The van der Waals surface area contributed by atoms with Gasteiger partial charge in [-0.25, -0.2) is 23.1 Å². The normalized spacial score (nSPS) is 23.4. The van der Waals surface area contributed by atoms with Gasteiger partial charge < -0.3 is 14.2 Å². The third-order valence-electron chi connectivity index (χ3n) is 15.5. The van der Waals surface area contributed by atoms with E-state index in [9.17, 15) is 9.59 Å². The number of halogens is 2. The minimum absolute atomic E-state index is 0.00339. The van der Waals surface area contributed by atoms with E-state index >= 15 is 13.6 Å². The highest BCUT2D eigenvalue weighted by Crippen LogP contribution is 2.56. The van der Waals surface area contributed by atoms with Crippen LogP contribution in [0.5, 0.6) is 0 Å². The Bertz CT molecular complexity index is 3520. The van der Waals surface area contributed by atoms with E-state index in [0.717, 1.165) is 49.4 Å². The number of ether oxygens (including phenoxy) is 1. The monoisotopic (exact) mass is 920 g/mol. The van der Waals surface area contributed by atoms with Crippen LogP contribution in [0.4, 0.5) is 8.78 Å². The van der Waals surface area contributed by atoms with E-state index in [-0.39, 0.29) is 46.8 Å². The largest absolute Gasteiger partial charge is 0.438 e. The maximum absolute atomic E-state index is 16.5. The van der Waals surface area contributed by atoms with Crippen molar-refractivity contribution >= 4 is 27.7 Å². The molecule has 68 heavy (non-hydrogen) atoms. The zero-order valence-electron chi connectivity index (χ0n) is 38.2. The Kier molecular flexibility index (Phi) is 8.85. The maximum atomic E-state index is 16.5. The van der Waals surface area contributed by atoms with Gasteiger partial charge in [-0.1, -0.05) is 18.1 Å². The smallest absolute Gasteiger partial charge is 0.376 e. The number of hydrogen-bond donors (Lipinski definition) is 1. The number of imidazole rings is 1. The summed E-state index contributed by atoms with van der Waals surface area (Å²) in [5.74, 6) is -0.666. The first-order chi connectivity index (χ1) is 32.8. The van der Waals surface area contributed by atoms with Crippen LogP contribution in [-0.4, -0.2) is 73.0 Å². The fourth-order valence-electron chi connectivity index (χ4n) is 11.6. The lowest BCUT2D eigenvalue weighted by Crippen LogP contribution is -2.41. The highest BCUT2D eigenvalue weighted by molar-refractivity contribution is 6.00. The molecule has 3 aliphatic carbocycles. The zero-order chi connectivity index (χ0) is 46.5. The number of fused-ring (bicyclic) bond motifs is 3. The summed E-state index contributed by atoms with van der Waals surface area (Å²) in [6.07, 6.45) is 11.1. The van der Waals surface area contributed by atoms with Gasteiger partial charge >= 0.3 is 11.4 Å². The van der Waals surface area contributed by atoms with Gasteiger partial charge in [-0.05, 0) is 143 Å². The van der Waals surface area contributed by atoms with Gasteiger partial charge in [-0.2, -0.15) is 10.2 Å². The molecule has 5 aromatic heterocycles. The molecule has 0 spiro atoms. The molecular weight excluding hydrogens is 871 g/mol. The summed E-state index contributed by atoms with van der Waals surface area (Å²) in [7, 11) is 0. The molecular formula is C51H50F2N10O5.